The van der Waals surface area contributed by atoms with Crippen molar-refractivity contribution in [3.63, 3.8) is 0 Å². The molecule has 16 heavy (non-hydrogen) atoms. The third kappa shape index (κ3) is 2.48. The molecule has 1 rings (SSSR count). The minimum atomic E-state index is -4.72. The van der Waals surface area contributed by atoms with Crippen molar-refractivity contribution in [3.8, 4) is 0 Å². The van der Waals surface area contributed by atoms with Crippen LogP contribution in [0.1, 0.15) is 33.1 Å². The predicted octanol–water partition coefficient (Wildman–Crippen LogP) is 1.57. The summed E-state index contributed by atoms with van der Waals surface area (Å²) < 4.78 is 37.2. The minimum Gasteiger partial charge on any atom is -0.354 e. The third-order valence-electron chi connectivity index (χ3n) is 3.30. The van der Waals surface area contributed by atoms with Gasteiger partial charge in [0.15, 0.2) is 5.54 Å². The first-order chi connectivity index (χ1) is 7.08. The maximum absolute atomic E-state index is 12.4. The van der Waals surface area contributed by atoms with Crippen LogP contribution in [0.3, 0.4) is 0 Å². The van der Waals surface area contributed by atoms with Crippen LogP contribution in [0, 0.1) is 5.41 Å². The summed E-state index contributed by atoms with van der Waals surface area (Å²) >= 11 is 0. The van der Waals surface area contributed by atoms with Gasteiger partial charge in [0.05, 0.1) is 0 Å². The highest BCUT2D eigenvalue weighted by molar-refractivity contribution is 5.86. The van der Waals surface area contributed by atoms with Crippen LogP contribution in [0.5, 0.6) is 0 Å². The number of rotatable bonds is 3. The smallest absolute Gasteiger partial charge is 0.354 e. The van der Waals surface area contributed by atoms with E-state index in [9.17, 15) is 18.0 Å². The molecule has 94 valence electrons. The lowest BCUT2D eigenvalue weighted by Crippen LogP contribution is -2.62. The molecule has 1 aliphatic carbocycles. The molecular weight excluding hydrogens is 221 g/mol. The van der Waals surface area contributed by atoms with Crippen molar-refractivity contribution in [3.05, 3.63) is 0 Å². The Morgan fingerprint density at radius 1 is 1.44 bits per heavy atom. The Kier molecular flexibility index (Phi) is 3.24. The number of halogens is 3. The first kappa shape index (κ1) is 13.3. The lowest BCUT2D eigenvalue weighted by Gasteiger charge is -2.39. The van der Waals surface area contributed by atoms with Gasteiger partial charge in [-0.25, -0.2) is 0 Å². The van der Waals surface area contributed by atoms with Gasteiger partial charge in [0.2, 0.25) is 5.91 Å². The molecule has 6 heteroatoms. The minimum absolute atomic E-state index is 0.0582. The fraction of sp³-hybridized carbons (Fsp3) is 0.900. The van der Waals surface area contributed by atoms with Crippen LogP contribution in [0.4, 0.5) is 13.2 Å². The summed E-state index contributed by atoms with van der Waals surface area (Å²) in [6.45, 7) is 2.89. The van der Waals surface area contributed by atoms with Gasteiger partial charge >= 0.3 is 6.18 Å². The van der Waals surface area contributed by atoms with Gasteiger partial charge in [0, 0.05) is 6.54 Å². The summed E-state index contributed by atoms with van der Waals surface area (Å²) in [5.41, 5.74) is 2.12. The van der Waals surface area contributed by atoms with E-state index in [2.05, 4.69) is 5.32 Å². The quantitative estimate of drug-likeness (QED) is 0.784. The molecular formula is C10H17F3N2O. The molecule has 0 spiro atoms. The number of carbonyl (C=O) groups excluding carboxylic acids is 1. The fourth-order valence-corrected chi connectivity index (χ4v) is 1.56. The third-order valence-corrected chi connectivity index (χ3v) is 3.30. The first-order valence-electron chi connectivity index (χ1n) is 5.22. The average Bonchev–Trinajstić information content (AvgIpc) is 2.09. The SMILES string of the molecule is CC1(CNC(=O)C(C)(N)C(F)(F)F)CCC1. The van der Waals surface area contributed by atoms with Gasteiger partial charge < -0.3 is 11.1 Å². The molecule has 0 saturated heterocycles. The number of carbonyl (C=O) groups is 1. The summed E-state index contributed by atoms with van der Waals surface area (Å²) in [7, 11) is 0. The summed E-state index contributed by atoms with van der Waals surface area (Å²) in [5, 5.41) is 2.29. The van der Waals surface area contributed by atoms with E-state index < -0.39 is 17.6 Å². The Bertz CT molecular complexity index is 282. The van der Waals surface area contributed by atoms with E-state index in [1.165, 1.54) is 0 Å². The Labute approximate surface area is 92.6 Å². The summed E-state index contributed by atoms with van der Waals surface area (Å²) in [4.78, 5) is 11.3. The molecule has 0 aromatic carbocycles. The number of amides is 1. The van der Waals surface area contributed by atoms with Gasteiger partial charge in [0.1, 0.15) is 0 Å². The number of alkyl halides is 3. The zero-order valence-electron chi connectivity index (χ0n) is 9.45. The lowest BCUT2D eigenvalue weighted by atomic mass is 9.70. The standard InChI is InChI=1S/C10H17F3N2O/c1-8(4-3-5-8)6-15-7(16)9(2,14)10(11,12)13/h3-6,14H2,1-2H3,(H,15,16). The zero-order chi connectivity index (χ0) is 12.6. The molecule has 3 N–H and O–H groups in total. The largest absolute Gasteiger partial charge is 0.415 e. The summed E-state index contributed by atoms with van der Waals surface area (Å²) in [6.07, 6.45) is -1.80. The van der Waals surface area contributed by atoms with E-state index in [0.29, 0.717) is 6.92 Å². The lowest BCUT2D eigenvalue weighted by molar-refractivity contribution is -0.187. The fourth-order valence-electron chi connectivity index (χ4n) is 1.56. The van der Waals surface area contributed by atoms with Crippen molar-refractivity contribution in [1.82, 2.24) is 5.32 Å². The van der Waals surface area contributed by atoms with Crippen molar-refractivity contribution in [2.45, 2.75) is 44.8 Å². The van der Waals surface area contributed by atoms with E-state index in [4.69, 9.17) is 5.73 Å². The van der Waals surface area contributed by atoms with Gasteiger partial charge in [-0.15, -0.1) is 0 Å². The van der Waals surface area contributed by atoms with E-state index >= 15 is 0 Å². The van der Waals surface area contributed by atoms with Crippen LogP contribution >= 0.6 is 0 Å². The van der Waals surface area contributed by atoms with Crippen molar-refractivity contribution >= 4 is 5.91 Å². The molecule has 0 aliphatic heterocycles. The zero-order valence-corrected chi connectivity index (χ0v) is 9.45. The Balaban J connectivity index is 2.52. The molecule has 1 fully saturated rings. The highest BCUT2D eigenvalue weighted by Gasteiger charge is 2.54. The van der Waals surface area contributed by atoms with E-state index in [1.807, 2.05) is 6.92 Å². The number of nitrogens with one attached hydrogen (secondary N) is 1. The molecule has 0 aromatic rings. The van der Waals surface area contributed by atoms with Gasteiger partial charge in [-0.1, -0.05) is 13.3 Å². The van der Waals surface area contributed by atoms with Crippen molar-refractivity contribution in [1.29, 1.82) is 0 Å². The molecule has 1 unspecified atom stereocenters. The average molecular weight is 238 g/mol. The Morgan fingerprint density at radius 2 is 1.94 bits per heavy atom. The van der Waals surface area contributed by atoms with Gasteiger partial charge in [0.25, 0.3) is 0 Å². The van der Waals surface area contributed by atoms with Gasteiger partial charge in [-0.2, -0.15) is 13.2 Å². The van der Waals surface area contributed by atoms with Crippen LogP contribution in [0.2, 0.25) is 0 Å². The molecule has 1 amide bonds. The molecule has 1 aliphatic rings. The van der Waals surface area contributed by atoms with Crippen LogP contribution in [-0.4, -0.2) is 24.2 Å². The molecule has 3 nitrogen and oxygen atoms in total. The van der Waals surface area contributed by atoms with Gasteiger partial charge in [-0.3, -0.25) is 4.79 Å². The topological polar surface area (TPSA) is 55.1 Å². The first-order valence-corrected chi connectivity index (χ1v) is 5.22. The molecule has 0 radical (unpaired) electrons. The molecule has 0 aromatic heterocycles. The molecule has 0 heterocycles. The second-order valence-corrected chi connectivity index (χ2v) is 5.05. The van der Waals surface area contributed by atoms with Crippen molar-refractivity contribution in [2.75, 3.05) is 6.54 Å². The van der Waals surface area contributed by atoms with Gasteiger partial charge in [-0.05, 0) is 25.2 Å². The second-order valence-electron chi connectivity index (χ2n) is 5.05. The highest BCUT2D eigenvalue weighted by Crippen LogP contribution is 2.39. The van der Waals surface area contributed by atoms with Crippen LogP contribution in [-0.2, 0) is 4.79 Å². The molecule has 1 atom stereocenters. The molecule has 0 bridgehead atoms. The van der Waals surface area contributed by atoms with Crippen LogP contribution in [0.15, 0.2) is 0 Å². The number of hydrogen-bond donors (Lipinski definition) is 2. The van der Waals surface area contributed by atoms with E-state index in [1.54, 1.807) is 0 Å². The maximum atomic E-state index is 12.4. The normalized spacial score (nSPS) is 23.1. The Hall–Kier alpha value is -0.780. The highest BCUT2D eigenvalue weighted by atomic mass is 19.4. The predicted molar refractivity (Wildman–Crippen MR) is 53.6 cm³/mol. The summed E-state index contributed by atoms with van der Waals surface area (Å²) in [5.74, 6) is -1.16. The van der Waals surface area contributed by atoms with E-state index in [0.717, 1.165) is 19.3 Å². The van der Waals surface area contributed by atoms with Crippen LogP contribution in [0.25, 0.3) is 0 Å². The van der Waals surface area contributed by atoms with Crippen molar-refractivity contribution < 1.29 is 18.0 Å². The van der Waals surface area contributed by atoms with Crippen LogP contribution < -0.4 is 11.1 Å². The summed E-state index contributed by atoms with van der Waals surface area (Å²) in [6, 6.07) is 0. The van der Waals surface area contributed by atoms with E-state index in [-0.39, 0.29) is 12.0 Å². The van der Waals surface area contributed by atoms with Crippen molar-refractivity contribution in [2.24, 2.45) is 11.1 Å². The molecule has 1 saturated carbocycles. The monoisotopic (exact) mass is 238 g/mol. The number of hydrogen-bond acceptors (Lipinski definition) is 2. The maximum Gasteiger partial charge on any atom is 0.415 e. The second kappa shape index (κ2) is 3.91. The Morgan fingerprint density at radius 3 is 2.25 bits per heavy atom. The number of nitrogens with two attached hydrogens (primary N) is 1.